The number of carbonyl (C=O) groups is 1. The van der Waals surface area contributed by atoms with Crippen LogP contribution in [0.4, 0.5) is 10.1 Å². The lowest BCUT2D eigenvalue weighted by atomic mass is 10.1. The van der Waals surface area contributed by atoms with E-state index in [-0.39, 0.29) is 23.0 Å². The van der Waals surface area contributed by atoms with Crippen molar-refractivity contribution in [3.8, 4) is 0 Å². The van der Waals surface area contributed by atoms with Crippen molar-refractivity contribution < 1.29 is 9.18 Å². The van der Waals surface area contributed by atoms with Gasteiger partial charge in [0, 0.05) is 12.1 Å². The second-order valence-electron chi connectivity index (χ2n) is 6.02. The van der Waals surface area contributed by atoms with Crippen LogP contribution in [0.25, 0.3) is 4.96 Å². The molecule has 0 aliphatic carbocycles. The maximum atomic E-state index is 12.9. The van der Waals surface area contributed by atoms with Gasteiger partial charge in [0.05, 0.1) is 5.75 Å². The number of nitrogens with one attached hydrogen (secondary N) is 1. The van der Waals surface area contributed by atoms with Crippen LogP contribution in [0.15, 0.2) is 63.7 Å². The first-order valence-corrected chi connectivity index (χ1v) is 10.4. The van der Waals surface area contributed by atoms with Gasteiger partial charge >= 0.3 is 0 Å². The number of fused-ring (bicyclic) bond motifs is 1. The van der Waals surface area contributed by atoms with Gasteiger partial charge < -0.3 is 5.32 Å². The maximum Gasteiger partial charge on any atom is 0.297 e. The Morgan fingerprint density at radius 1 is 1.10 bits per heavy atom. The lowest BCUT2D eigenvalue weighted by Crippen LogP contribution is -2.22. The lowest BCUT2D eigenvalue weighted by molar-refractivity contribution is -0.113. The van der Waals surface area contributed by atoms with E-state index in [1.807, 2.05) is 30.3 Å². The summed E-state index contributed by atoms with van der Waals surface area (Å²) in [7, 11) is 0. The van der Waals surface area contributed by atoms with E-state index in [0.717, 1.165) is 5.56 Å². The molecule has 0 aliphatic rings. The van der Waals surface area contributed by atoms with Crippen molar-refractivity contribution in [1.82, 2.24) is 19.8 Å². The standard InChI is InChI=1S/C19H14FN5O2S2/c20-13-6-8-14(9-7-13)21-16(26)11-28-19-24-25-17(27)15(22-23-18(25)29-19)10-12-4-2-1-3-5-12/h1-9H,10-11H2,(H,21,26). The van der Waals surface area contributed by atoms with Gasteiger partial charge in [-0.15, -0.1) is 15.3 Å². The Hall–Kier alpha value is -3.11. The van der Waals surface area contributed by atoms with E-state index in [9.17, 15) is 14.0 Å². The highest BCUT2D eigenvalue weighted by atomic mass is 32.2. The Kier molecular flexibility index (Phi) is 5.63. The number of hydrogen-bond donors (Lipinski definition) is 1. The molecule has 10 heteroatoms. The van der Waals surface area contributed by atoms with Crippen LogP contribution >= 0.6 is 23.1 Å². The van der Waals surface area contributed by atoms with E-state index in [2.05, 4.69) is 20.6 Å². The normalized spacial score (nSPS) is 10.9. The van der Waals surface area contributed by atoms with Gasteiger partial charge in [0.15, 0.2) is 4.34 Å². The monoisotopic (exact) mass is 427 g/mol. The Morgan fingerprint density at radius 3 is 2.62 bits per heavy atom. The molecule has 1 amide bonds. The van der Waals surface area contributed by atoms with Crippen LogP contribution in [0, 0.1) is 5.82 Å². The molecule has 0 bridgehead atoms. The number of carbonyl (C=O) groups excluding carboxylic acids is 1. The zero-order valence-corrected chi connectivity index (χ0v) is 16.5. The average molecular weight is 427 g/mol. The van der Waals surface area contributed by atoms with E-state index in [1.54, 1.807) is 0 Å². The summed E-state index contributed by atoms with van der Waals surface area (Å²) in [5.41, 5.74) is 1.46. The molecule has 0 unspecified atom stereocenters. The number of aromatic nitrogens is 4. The van der Waals surface area contributed by atoms with E-state index in [4.69, 9.17) is 0 Å². The Bertz CT molecular complexity index is 1210. The molecule has 2 aromatic heterocycles. The summed E-state index contributed by atoms with van der Waals surface area (Å²) in [6.45, 7) is 0. The zero-order valence-electron chi connectivity index (χ0n) is 14.9. The van der Waals surface area contributed by atoms with Crippen molar-refractivity contribution in [2.75, 3.05) is 11.1 Å². The van der Waals surface area contributed by atoms with Gasteiger partial charge in [-0.1, -0.05) is 53.4 Å². The van der Waals surface area contributed by atoms with Crippen molar-refractivity contribution >= 4 is 39.7 Å². The largest absolute Gasteiger partial charge is 0.325 e. The number of benzene rings is 2. The first-order valence-electron chi connectivity index (χ1n) is 8.56. The lowest BCUT2D eigenvalue weighted by Gasteiger charge is -2.03. The fourth-order valence-corrected chi connectivity index (χ4v) is 4.22. The number of amides is 1. The zero-order chi connectivity index (χ0) is 20.2. The van der Waals surface area contributed by atoms with Gasteiger partial charge in [-0.25, -0.2) is 4.39 Å². The summed E-state index contributed by atoms with van der Waals surface area (Å²) >= 11 is 2.38. The number of anilines is 1. The maximum absolute atomic E-state index is 12.9. The minimum atomic E-state index is -0.370. The SMILES string of the molecule is O=C(CSc1nn2c(=O)c(Cc3ccccc3)nnc2s1)Nc1ccc(F)cc1. The summed E-state index contributed by atoms with van der Waals surface area (Å²) < 4.78 is 14.7. The van der Waals surface area contributed by atoms with Gasteiger partial charge in [-0.2, -0.15) is 4.52 Å². The summed E-state index contributed by atoms with van der Waals surface area (Å²) in [5.74, 6) is -0.537. The quantitative estimate of drug-likeness (QED) is 0.476. The van der Waals surface area contributed by atoms with Crippen LogP contribution in [0.2, 0.25) is 0 Å². The first kappa shape index (κ1) is 19.2. The van der Waals surface area contributed by atoms with Gasteiger partial charge in [-0.3, -0.25) is 9.59 Å². The van der Waals surface area contributed by atoms with Crippen molar-refractivity contribution in [2.24, 2.45) is 0 Å². The van der Waals surface area contributed by atoms with E-state index in [0.29, 0.717) is 27.1 Å². The average Bonchev–Trinajstić information content (AvgIpc) is 3.15. The van der Waals surface area contributed by atoms with Gasteiger partial charge in [0.2, 0.25) is 10.9 Å². The minimum absolute atomic E-state index is 0.0935. The Balaban J connectivity index is 1.44. The highest BCUT2D eigenvalue weighted by Crippen LogP contribution is 2.23. The Morgan fingerprint density at radius 2 is 1.86 bits per heavy atom. The van der Waals surface area contributed by atoms with Crippen molar-refractivity contribution in [3.05, 3.63) is 82.0 Å². The van der Waals surface area contributed by atoms with Crippen LogP contribution in [-0.2, 0) is 11.2 Å². The topological polar surface area (TPSA) is 89.3 Å². The predicted octanol–water partition coefficient (Wildman–Crippen LogP) is 3.01. The molecule has 7 nitrogen and oxygen atoms in total. The summed E-state index contributed by atoms with van der Waals surface area (Å²) in [5, 5.41) is 15.1. The number of thioether (sulfide) groups is 1. The second-order valence-corrected chi connectivity index (χ2v) is 8.20. The Labute approximate surface area is 172 Å². The van der Waals surface area contributed by atoms with Crippen LogP contribution in [0.3, 0.4) is 0 Å². The van der Waals surface area contributed by atoms with Crippen LogP contribution < -0.4 is 10.9 Å². The number of rotatable bonds is 6. The molecule has 1 N–H and O–H groups in total. The van der Waals surface area contributed by atoms with Crippen LogP contribution in [-0.4, -0.2) is 31.5 Å². The molecule has 4 aromatic rings. The fourth-order valence-electron chi connectivity index (χ4n) is 2.55. The molecule has 0 aliphatic heterocycles. The van der Waals surface area contributed by atoms with E-state index in [1.165, 1.54) is 51.9 Å². The summed E-state index contributed by atoms with van der Waals surface area (Å²) in [4.78, 5) is 25.1. The molecular formula is C19H14FN5O2S2. The van der Waals surface area contributed by atoms with Crippen molar-refractivity contribution in [2.45, 2.75) is 10.8 Å². The smallest absolute Gasteiger partial charge is 0.297 e. The molecule has 0 radical (unpaired) electrons. The third-order valence-electron chi connectivity index (χ3n) is 3.91. The van der Waals surface area contributed by atoms with Crippen molar-refractivity contribution in [3.63, 3.8) is 0 Å². The highest BCUT2D eigenvalue weighted by molar-refractivity contribution is 8.01. The van der Waals surface area contributed by atoms with E-state index >= 15 is 0 Å². The second kappa shape index (κ2) is 8.50. The molecule has 0 saturated heterocycles. The molecule has 2 heterocycles. The molecule has 0 atom stereocenters. The molecule has 0 spiro atoms. The van der Waals surface area contributed by atoms with Crippen LogP contribution in [0.1, 0.15) is 11.3 Å². The predicted molar refractivity (Wildman–Crippen MR) is 110 cm³/mol. The third kappa shape index (κ3) is 4.66. The first-order chi connectivity index (χ1) is 14.1. The molecule has 2 aromatic carbocycles. The highest BCUT2D eigenvalue weighted by Gasteiger charge is 2.14. The molecule has 0 saturated carbocycles. The molecule has 0 fully saturated rings. The number of hydrogen-bond acceptors (Lipinski definition) is 7. The molecule has 4 rings (SSSR count). The minimum Gasteiger partial charge on any atom is -0.325 e. The van der Waals surface area contributed by atoms with Crippen LogP contribution in [0.5, 0.6) is 0 Å². The third-order valence-corrected chi connectivity index (χ3v) is 5.94. The van der Waals surface area contributed by atoms with Gasteiger partial charge in [0.25, 0.3) is 5.56 Å². The summed E-state index contributed by atoms with van der Waals surface area (Å²) in [6, 6.07) is 15.0. The number of halogens is 1. The van der Waals surface area contributed by atoms with E-state index < -0.39 is 0 Å². The number of nitrogens with zero attached hydrogens (tertiary/aromatic N) is 4. The molecule has 146 valence electrons. The fraction of sp³-hybridized carbons (Fsp3) is 0.105. The molecular weight excluding hydrogens is 413 g/mol. The molecule has 29 heavy (non-hydrogen) atoms. The van der Waals surface area contributed by atoms with Gasteiger partial charge in [-0.05, 0) is 29.8 Å². The van der Waals surface area contributed by atoms with Crippen molar-refractivity contribution in [1.29, 1.82) is 0 Å². The van der Waals surface area contributed by atoms with Gasteiger partial charge in [0.1, 0.15) is 11.5 Å². The summed E-state index contributed by atoms with van der Waals surface area (Å²) in [6.07, 6.45) is 0.371.